The van der Waals surface area contributed by atoms with Crippen molar-refractivity contribution >= 4 is 11.8 Å². The fourth-order valence-corrected chi connectivity index (χ4v) is 4.28. The Bertz CT molecular complexity index is 403. The first-order chi connectivity index (χ1) is 9.43. The molecule has 1 atom stereocenters. The average molecular weight is 277 g/mol. The van der Waals surface area contributed by atoms with Crippen LogP contribution in [0.1, 0.15) is 37.2 Å². The van der Waals surface area contributed by atoms with Gasteiger partial charge in [0.05, 0.1) is 12.7 Å². The Morgan fingerprint density at radius 2 is 2.05 bits per heavy atom. The maximum atomic E-state index is 5.87. The Hall–Kier alpha value is -0.510. The molecule has 0 amide bonds. The Morgan fingerprint density at radius 1 is 1.21 bits per heavy atom. The third-order valence-corrected chi connectivity index (χ3v) is 5.38. The molecule has 2 nitrogen and oxygen atoms in total. The fraction of sp³-hybridized carbons (Fsp3) is 0.625. The molecule has 2 aliphatic rings. The van der Waals surface area contributed by atoms with E-state index in [1.807, 2.05) is 11.8 Å². The normalized spacial score (nSPS) is 22.8. The van der Waals surface area contributed by atoms with E-state index in [1.54, 1.807) is 0 Å². The summed E-state index contributed by atoms with van der Waals surface area (Å²) in [5, 5.41) is 3.55. The van der Waals surface area contributed by atoms with Crippen LogP contribution in [0.5, 0.6) is 0 Å². The zero-order chi connectivity index (χ0) is 12.9. The second kappa shape index (κ2) is 6.78. The van der Waals surface area contributed by atoms with E-state index in [1.165, 1.54) is 41.9 Å². The van der Waals surface area contributed by atoms with E-state index in [-0.39, 0.29) is 0 Å². The van der Waals surface area contributed by atoms with Gasteiger partial charge in [-0.15, -0.1) is 11.8 Å². The number of nitrogens with one attached hydrogen (secondary N) is 1. The zero-order valence-electron chi connectivity index (χ0n) is 11.4. The number of thioether (sulfide) groups is 1. The predicted octanol–water partition coefficient (Wildman–Crippen LogP) is 3.42. The molecule has 1 N–H and O–H groups in total. The molecule has 3 rings (SSSR count). The molecule has 0 spiro atoms. The molecule has 0 aromatic heterocycles. The van der Waals surface area contributed by atoms with Gasteiger partial charge in [-0.1, -0.05) is 31.0 Å². The van der Waals surface area contributed by atoms with Crippen LogP contribution in [0.3, 0.4) is 0 Å². The first-order valence-corrected chi connectivity index (χ1v) is 8.46. The largest absolute Gasteiger partial charge is 0.377 e. The molecule has 1 aliphatic carbocycles. The highest BCUT2D eigenvalue weighted by atomic mass is 32.2. The van der Waals surface area contributed by atoms with Gasteiger partial charge in [0.2, 0.25) is 0 Å². The molecule has 1 aromatic carbocycles. The molecule has 1 unspecified atom stereocenters. The van der Waals surface area contributed by atoms with Crippen LogP contribution in [0.2, 0.25) is 0 Å². The van der Waals surface area contributed by atoms with Crippen molar-refractivity contribution in [2.75, 3.05) is 25.4 Å². The first-order valence-electron chi connectivity index (χ1n) is 7.47. The molecule has 0 saturated heterocycles. The molecule has 19 heavy (non-hydrogen) atoms. The number of rotatable bonds is 6. The summed E-state index contributed by atoms with van der Waals surface area (Å²) in [5.41, 5.74) is 1.52. The number of ether oxygens (including phenoxy) is 1. The van der Waals surface area contributed by atoms with E-state index in [0.717, 1.165) is 19.7 Å². The van der Waals surface area contributed by atoms with Crippen LogP contribution in [0.15, 0.2) is 29.2 Å². The van der Waals surface area contributed by atoms with Crippen molar-refractivity contribution in [1.29, 1.82) is 0 Å². The standard InChI is InChI=1S/C16H23NOS/c1-2-6-14(5-1)18-10-9-17-11-13-12-19-16-8-4-3-7-15(13)16/h3-4,7-8,13-14,17H,1-2,5-6,9-12H2. The third kappa shape index (κ3) is 3.53. The van der Waals surface area contributed by atoms with Crippen LogP contribution in [0.4, 0.5) is 0 Å². The summed E-state index contributed by atoms with van der Waals surface area (Å²) in [6, 6.07) is 8.80. The van der Waals surface area contributed by atoms with E-state index in [4.69, 9.17) is 4.74 Å². The van der Waals surface area contributed by atoms with Gasteiger partial charge in [0.1, 0.15) is 0 Å². The lowest BCUT2D eigenvalue weighted by molar-refractivity contribution is 0.0603. The van der Waals surface area contributed by atoms with Crippen LogP contribution in [0.25, 0.3) is 0 Å². The summed E-state index contributed by atoms with van der Waals surface area (Å²) in [6.45, 7) is 2.93. The maximum absolute atomic E-state index is 5.87. The molecule has 1 fully saturated rings. The summed E-state index contributed by atoms with van der Waals surface area (Å²) < 4.78 is 5.87. The minimum atomic E-state index is 0.546. The quantitative estimate of drug-likeness (QED) is 0.805. The Kier molecular flexibility index (Phi) is 4.81. The molecule has 1 heterocycles. The van der Waals surface area contributed by atoms with Gasteiger partial charge in [0, 0.05) is 29.7 Å². The summed E-state index contributed by atoms with van der Waals surface area (Å²) in [7, 11) is 0. The van der Waals surface area contributed by atoms with Crippen molar-refractivity contribution in [3.05, 3.63) is 29.8 Å². The van der Waals surface area contributed by atoms with E-state index in [2.05, 4.69) is 29.6 Å². The van der Waals surface area contributed by atoms with Crippen molar-refractivity contribution < 1.29 is 4.74 Å². The van der Waals surface area contributed by atoms with Gasteiger partial charge in [-0.05, 0) is 24.5 Å². The molecule has 1 aliphatic heterocycles. The predicted molar refractivity (Wildman–Crippen MR) is 81.0 cm³/mol. The maximum Gasteiger partial charge on any atom is 0.0594 e. The molecule has 1 saturated carbocycles. The van der Waals surface area contributed by atoms with E-state index in [9.17, 15) is 0 Å². The second-order valence-electron chi connectivity index (χ2n) is 5.53. The van der Waals surface area contributed by atoms with E-state index >= 15 is 0 Å². The highest BCUT2D eigenvalue weighted by molar-refractivity contribution is 7.99. The van der Waals surface area contributed by atoms with Crippen LogP contribution in [-0.4, -0.2) is 31.6 Å². The van der Waals surface area contributed by atoms with Gasteiger partial charge in [0.15, 0.2) is 0 Å². The SMILES string of the molecule is c1ccc2c(c1)SCC2CNCCOC1CCCC1. The van der Waals surface area contributed by atoms with E-state index < -0.39 is 0 Å². The minimum Gasteiger partial charge on any atom is -0.377 e. The lowest BCUT2D eigenvalue weighted by Gasteiger charge is -2.14. The van der Waals surface area contributed by atoms with Crippen molar-refractivity contribution in [3.8, 4) is 0 Å². The topological polar surface area (TPSA) is 21.3 Å². The molecule has 0 bridgehead atoms. The van der Waals surface area contributed by atoms with Crippen molar-refractivity contribution in [2.45, 2.75) is 42.6 Å². The average Bonchev–Trinajstić information content (AvgIpc) is 3.08. The summed E-state index contributed by atoms with van der Waals surface area (Å²) in [5.74, 6) is 1.89. The highest BCUT2D eigenvalue weighted by Gasteiger charge is 2.22. The molecule has 0 radical (unpaired) electrons. The Balaban J connectivity index is 1.34. The van der Waals surface area contributed by atoms with E-state index in [0.29, 0.717) is 12.0 Å². The zero-order valence-corrected chi connectivity index (χ0v) is 12.3. The number of fused-ring (bicyclic) bond motifs is 1. The lowest BCUT2D eigenvalue weighted by atomic mass is 10.0. The summed E-state index contributed by atoms with van der Waals surface area (Å²) in [6.07, 6.45) is 5.80. The number of hydrogen-bond donors (Lipinski definition) is 1. The minimum absolute atomic E-state index is 0.546. The van der Waals surface area contributed by atoms with Crippen LogP contribution in [-0.2, 0) is 4.74 Å². The summed E-state index contributed by atoms with van der Waals surface area (Å²) in [4.78, 5) is 1.47. The van der Waals surface area contributed by atoms with Gasteiger partial charge in [-0.3, -0.25) is 0 Å². The van der Waals surface area contributed by atoms with Crippen LogP contribution < -0.4 is 5.32 Å². The van der Waals surface area contributed by atoms with Gasteiger partial charge in [-0.25, -0.2) is 0 Å². The third-order valence-electron chi connectivity index (χ3n) is 4.12. The molecule has 1 aromatic rings. The Morgan fingerprint density at radius 3 is 2.95 bits per heavy atom. The molecular weight excluding hydrogens is 254 g/mol. The Labute approximate surface area is 120 Å². The molecular formula is C16H23NOS. The van der Waals surface area contributed by atoms with Gasteiger partial charge in [-0.2, -0.15) is 0 Å². The van der Waals surface area contributed by atoms with Crippen molar-refractivity contribution in [2.24, 2.45) is 0 Å². The fourth-order valence-electron chi connectivity index (χ4n) is 3.03. The van der Waals surface area contributed by atoms with Crippen molar-refractivity contribution in [3.63, 3.8) is 0 Å². The summed E-state index contributed by atoms with van der Waals surface area (Å²) >= 11 is 1.99. The number of hydrogen-bond acceptors (Lipinski definition) is 3. The van der Waals surface area contributed by atoms with Gasteiger partial charge < -0.3 is 10.1 Å². The van der Waals surface area contributed by atoms with Crippen LogP contribution in [0, 0.1) is 0 Å². The lowest BCUT2D eigenvalue weighted by Crippen LogP contribution is -2.26. The van der Waals surface area contributed by atoms with Crippen molar-refractivity contribution in [1.82, 2.24) is 5.32 Å². The number of benzene rings is 1. The van der Waals surface area contributed by atoms with Crippen LogP contribution >= 0.6 is 11.8 Å². The molecule has 3 heteroatoms. The smallest absolute Gasteiger partial charge is 0.0594 e. The van der Waals surface area contributed by atoms with Gasteiger partial charge >= 0.3 is 0 Å². The highest BCUT2D eigenvalue weighted by Crippen LogP contribution is 2.38. The monoisotopic (exact) mass is 277 g/mol. The second-order valence-corrected chi connectivity index (χ2v) is 6.59. The molecule has 104 valence electrons. The van der Waals surface area contributed by atoms with Gasteiger partial charge in [0.25, 0.3) is 0 Å². The first kappa shape index (κ1) is 13.5.